The summed E-state index contributed by atoms with van der Waals surface area (Å²) >= 11 is 0. The normalized spacial score (nSPS) is 20.1. The SMILES string of the molecule is COC(=O)c1ccc2c(c1)OC[C@@H](C)N(C)C2. The summed E-state index contributed by atoms with van der Waals surface area (Å²) in [6.45, 7) is 3.58. The molecule has 1 aliphatic heterocycles. The van der Waals surface area contributed by atoms with Crippen molar-refractivity contribution in [1.29, 1.82) is 0 Å². The summed E-state index contributed by atoms with van der Waals surface area (Å²) in [6, 6.07) is 5.82. The quantitative estimate of drug-likeness (QED) is 0.694. The molecular formula is C13H17NO3. The van der Waals surface area contributed by atoms with Gasteiger partial charge < -0.3 is 9.47 Å². The van der Waals surface area contributed by atoms with Crippen molar-refractivity contribution in [1.82, 2.24) is 4.90 Å². The first-order valence-electron chi connectivity index (χ1n) is 5.66. The van der Waals surface area contributed by atoms with Crippen molar-refractivity contribution < 1.29 is 14.3 Å². The number of carbonyl (C=O) groups excluding carboxylic acids is 1. The fourth-order valence-electron chi connectivity index (χ4n) is 1.83. The van der Waals surface area contributed by atoms with Gasteiger partial charge in [0.2, 0.25) is 0 Å². The van der Waals surface area contributed by atoms with E-state index < -0.39 is 0 Å². The molecule has 0 saturated carbocycles. The van der Waals surface area contributed by atoms with Gasteiger partial charge in [-0.15, -0.1) is 0 Å². The second-order valence-corrected chi connectivity index (χ2v) is 4.39. The smallest absolute Gasteiger partial charge is 0.337 e. The molecule has 0 spiro atoms. The van der Waals surface area contributed by atoms with Crippen LogP contribution in [0.15, 0.2) is 18.2 Å². The summed E-state index contributed by atoms with van der Waals surface area (Å²) in [6.07, 6.45) is 0. The van der Waals surface area contributed by atoms with E-state index in [1.165, 1.54) is 7.11 Å². The van der Waals surface area contributed by atoms with Crippen LogP contribution < -0.4 is 4.74 Å². The van der Waals surface area contributed by atoms with Gasteiger partial charge in [-0.05, 0) is 26.1 Å². The average molecular weight is 235 g/mol. The Balaban J connectivity index is 2.31. The van der Waals surface area contributed by atoms with Gasteiger partial charge in [0.25, 0.3) is 0 Å². The molecule has 0 bridgehead atoms. The number of nitrogens with zero attached hydrogens (tertiary/aromatic N) is 1. The molecule has 0 aliphatic carbocycles. The zero-order valence-corrected chi connectivity index (χ0v) is 10.4. The van der Waals surface area contributed by atoms with Crippen LogP contribution in [0.5, 0.6) is 5.75 Å². The lowest BCUT2D eigenvalue weighted by atomic mass is 10.1. The highest BCUT2D eigenvalue weighted by Crippen LogP contribution is 2.25. The molecule has 4 heteroatoms. The van der Waals surface area contributed by atoms with Crippen LogP contribution in [0, 0.1) is 0 Å². The van der Waals surface area contributed by atoms with E-state index in [-0.39, 0.29) is 5.97 Å². The van der Waals surface area contributed by atoms with Gasteiger partial charge in [-0.1, -0.05) is 6.07 Å². The van der Waals surface area contributed by atoms with Gasteiger partial charge in [-0.3, -0.25) is 4.90 Å². The van der Waals surface area contributed by atoms with Gasteiger partial charge >= 0.3 is 5.97 Å². The van der Waals surface area contributed by atoms with Crippen molar-refractivity contribution in [2.24, 2.45) is 0 Å². The molecule has 0 unspecified atom stereocenters. The first kappa shape index (κ1) is 11.9. The van der Waals surface area contributed by atoms with Crippen LogP contribution in [0.2, 0.25) is 0 Å². The molecule has 1 atom stereocenters. The lowest BCUT2D eigenvalue weighted by molar-refractivity contribution is 0.0600. The molecule has 0 radical (unpaired) electrons. The number of benzene rings is 1. The van der Waals surface area contributed by atoms with E-state index in [4.69, 9.17) is 9.47 Å². The van der Waals surface area contributed by atoms with Crippen LogP contribution in [0.25, 0.3) is 0 Å². The summed E-state index contributed by atoms with van der Waals surface area (Å²) in [7, 11) is 3.45. The van der Waals surface area contributed by atoms with Gasteiger partial charge in [0.1, 0.15) is 12.4 Å². The van der Waals surface area contributed by atoms with Crippen LogP contribution in [-0.2, 0) is 11.3 Å². The van der Waals surface area contributed by atoms with Gasteiger partial charge in [0, 0.05) is 18.2 Å². The minimum atomic E-state index is -0.331. The van der Waals surface area contributed by atoms with Crippen molar-refractivity contribution in [3.05, 3.63) is 29.3 Å². The molecule has 0 fully saturated rings. The summed E-state index contributed by atoms with van der Waals surface area (Å²) < 4.78 is 10.4. The molecule has 1 aromatic rings. The molecule has 0 aromatic heterocycles. The Labute approximate surface area is 101 Å². The van der Waals surface area contributed by atoms with Crippen LogP contribution in [0.3, 0.4) is 0 Å². The number of likely N-dealkylation sites (N-methyl/N-ethyl adjacent to an activating group) is 1. The number of hydrogen-bond donors (Lipinski definition) is 0. The van der Waals surface area contributed by atoms with Gasteiger partial charge in [-0.2, -0.15) is 0 Å². The Kier molecular flexibility index (Phi) is 3.33. The number of hydrogen-bond acceptors (Lipinski definition) is 4. The molecule has 0 saturated heterocycles. The Hall–Kier alpha value is -1.55. The minimum Gasteiger partial charge on any atom is -0.492 e. The number of esters is 1. The van der Waals surface area contributed by atoms with E-state index >= 15 is 0 Å². The second kappa shape index (κ2) is 4.75. The minimum absolute atomic E-state index is 0.331. The zero-order valence-electron chi connectivity index (χ0n) is 10.4. The van der Waals surface area contributed by atoms with Crippen molar-refractivity contribution in [3.63, 3.8) is 0 Å². The molecule has 2 rings (SSSR count). The third-order valence-corrected chi connectivity index (χ3v) is 3.14. The van der Waals surface area contributed by atoms with Crippen LogP contribution in [0.4, 0.5) is 0 Å². The fourth-order valence-corrected chi connectivity index (χ4v) is 1.83. The van der Waals surface area contributed by atoms with Gasteiger partial charge in [0.05, 0.1) is 12.7 Å². The topological polar surface area (TPSA) is 38.8 Å². The first-order chi connectivity index (χ1) is 8.11. The van der Waals surface area contributed by atoms with Crippen LogP contribution >= 0.6 is 0 Å². The van der Waals surface area contributed by atoms with Crippen molar-refractivity contribution in [2.75, 3.05) is 20.8 Å². The maximum Gasteiger partial charge on any atom is 0.337 e. The maximum absolute atomic E-state index is 11.4. The number of carbonyl (C=O) groups is 1. The summed E-state index contributed by atoms with van der Waals surface area (Å²) in [5.74, 6) is 0.450. The lowest BCUT2D eigenvalue weighted by Crippen LogP contribution is -2.31. The van der Waals surface area contributed by atoms with E-state index in [1.54, 1.807) is 12.1 Å². The standard InChI is InChI=1S/C13H17NO3/c1-9-8-17-12-6-10(13(15)16-3)4-5-11(12)7-14(9)2/h4-6,9H,7-8H2,1-3H3/t9-/m1/s1. The molecule has 1 heterocycles. The largest absolute Gasteiger partial charge is 0.492 e. The predicted molar refractivity (Wildman–Crippen MR) is 64.2 cm³/mol. The number of methoxy groups -OCH3 is 1. The third kappa shape index (κ3) is 2.42. The van der Waals surface area contributed by atoms with Gasteiger partial charge in [-0.25, -0.2) is 4.79 Å². The second-order valence-electron chi connectivity index (χ2n) is 4.39. The molecule has 92 valence electrons. The van der Waals surface area contributed by atoms with Crippen molar-refractivity contribution >= 4 is 5.97 Å². The average Bonchev–Trinajstić information content (AvgIpc) is 2.48. The molecule has 4 nitrogen and oxygen atoms in total. The first-order valence-corrected chi connectivity index (χ1v) is 5.66. The van der Waals surface area contributed by atoms with E-state index in [0.29, 0.717) is 18.2 Å². The lowest BCUT2D eigenvalue weighted by Gasteiger charge is -2.19. The highest BCUT2D eigenvalue weighted by atomic mass is 16.5. The van der Waals surface area contributed by atoms with E-state index in [0.717, 1.165) is 17.9 Å². The highest BCUT2D eigenvalue weighted by Gasteiger charge is 2.19. The zero-order chi connectivity index (χ0) is 12.4. The highest BCUT2D eigenvalue weighted by molar-refractivity contribution is 5.89. The Morgan fingerprint density at radius 3 is 3.00 bits per heavy atom. The van der Waals surface area contributed by atoms with E-state index in [9.17, 15) is 4.79 Å². The predicted octanol–water partition coefficient (Wildman–Crippen LogP) is 1.69. The number of rotatable bonds is 1. The maximum atomic E-state index is 11.4. The van der Waals surface area contributed by atoms with Crippen LogP contribution in [0.1, 0.15) is 22.8 Å². The monoisotopic (exact) mass is 235 g/mol. The molecule has 17 heavy (non-hydrogen) atoms. The van der Waals surface area contributed by atoms with E-state index in [2.05, 4.69) is 18.9 Å². The third-order valence-electron chi connectivity index (χ3n) is 3.14. The molecular weight excluding hydrogens is 218 g/mol. The summed E-state index contributed by atoms with van der Waals surface area (Å²) in [5.41, 5.74) is 1.63. The molecule has 1 aromatic carbocycles. The fraction of sp³-hybridized carbons (Fsp3) is 0.462. The number of fused-ring (bicyclic) bond motifs is 1. The Morgan fingerprint density at radius 2 is 2.29 bits per heavy atom. The summed E-state index contributed by atoms with van der Waals surface area (Å²) in [5, 5.41) is 0. The van der Waals surface area contributed by atoms with Gasteiger partial charge in [0.15, 0.2) is 0 Å². The van der Waals surface area contributed by atoms with Crippen molar-refractivity contribution in [2.45, 2.75) is 19.5 Å². The molecule has 0 N–H and O–H groups in total. The number of ether oxygens (including phenoxy) is 2. The molecule has 1 aliphatic rings. The summed E-state index contributed by atoms with van der Waals surface area (Å²) in [4.78, 5) is 13.7. The molecule has 0 amide bonds. The Bertz CT molecular complexity index is 431. The van der Waals surface area contributed by atoms with Crippen LogP contribution in [-0.4, -0.2) is 37.7 Å². The Morgan fingerprint density at radius 1 is 1.53 bits per heavy atom. The van der Waals surface area contributed by atoms with Crippen molar-refractivity contribution in [3.8, 4) is 5.75 Å². The van der Waals surface area contributed by atoms with E-state index in [1.807, 2.05) is 6.07 Å².